The molecule has 0 aliphatic carbocycles. The molecule has 0 saturated carbocycles. The van der Waals surface area contributed by atoms with Crippen LogP contribution >= 0.6 is 11.3 Å². The largest absolute Gasteiger partial charge is 0.320 e. The lowest BCUT2D eigenvalue weighted by Crippen LogP contribution is -2.13. The van der Waals surface area contributed by atoms with Crippen LogP contribution < -0.4 is 11.1 Å². The highest BCUT2D eigenvalue weighted by molar-refractivity contribution is 7.09. The Morgan fingerprint density at radius 2 is 2.25 bits per heavy atom. The molecule has 1 aromatic carbocycles. The Balaban J connectivity index is 2.26. The number of nitrogens with two attached hydrogens (primary N) is 1. The molecule has 4 nitrogen and oxygen atoms in total. The van der Waals surface area contributed by atoms with Gasteiger partial charge >= 0.3 is 0 Å². The first kappa shape index (κ1) is 14.3. The molecular weight excluding hydrogens is 270 g/mol. The van der Waals surface area contributed by atoms with Crippen molar-refractivity contribution in [2.45, 2.75) is 13.8 Å². The molecule has 1 amide bonds. The van der Waals surface area contributed by atoms with Crippen LogP contribution in [0.4, 0.5) is 5.69 Å². The van der Waals surface area contributed by atoms with E-state index in [9.17, 15) is 4.79 Å². The van der Waals surface area contributed by atoms with Crippen LogP contribution in [0.25, 0.3) is 0 Å². The number of amides is 1. The SMILES string of the molecule is Cc1ccc(NC(=O)c2csc(C)n2)c(C#CCN)c1. The summed E-state index contributed by atoms with van der Waals surface area (Å²) in [7, 11) is 0. The highest BCUT2D eigenvalue weighted by atomic mass is 32.1. The minimum atomic E-state index is -0.228. The van der Waals surface area contributed by atoms with Gasteiger partial charge in [0.25, 0.3) is 5.91 Å². The molecule has 0 fully saturated rings. The third-order valence-corrected chi connectivity index (χ3v) is 3.37. The van der Waals surface area contributed by atoms with Crippen molar-refractivity contribution < 1.29 is 4.79 Å². The number of hydrogen-bond donors (Lipinski definition) is 2. The molecule has 0 unspecified atom stereocenters. The summed E-state index contributed by atoms with van der Waals surface area (Å²) in [6.45, 7) is 4.13. The number of aryl methyl sites for hydroxylation is 2. The zero-order valence-corrected chi connectivity index (χ0v) is 12.2. The van der Waals surface area contributed by atoms with Crippen LogP contribution in [-0.4, -0.2) is 17.4 Å². The molecule has 0 aliphatic heterocycles. The fraction of sp³-hybridized carbons (Fsp3) is 0.200. The molecule has 1 heterocycles. The number of thiazole rings is 1. The van der Waals surface area contributed by atoms with Gasteiger partial charge in [-0.1, -0.05) is 17.9 Å². The highest BCUT2D eigenvalue weighted by Gasteiger charge is 2.11. The van der Waals surface area contributed by atoms with E-state index >= 15 is 0 Å². The maximum absolute atomic E-state index is 12.1. The average Bonchev–Trinajstić information content (AvgIpc) is 2.85. The summed E-state index contributed by atoms with van der Waals surface area (Å²) in [5.74, 6) is 5.54. The van der Waals surface area contributed by atoms with E-state index in [1.807, 2.05) is 32.0 Å². The number of nitrogens with zero attached hydrogens (tertiary/aromatic N) is 1. The molecule has 20 heavy (non-hydrogen) atoms. The van der Waals surface area contributed by atoms with Crippen molar-refractivity contribution in [2.75, 3.05) is 11.9 Å². The summed E-state index contributed by atoms with van der Waals surface area (Å²) >= 11 is 1.45. The van der Waals surface area contributed by atoms with E-state index in [1.54, 1.807) is 5.38 Å². The standard InChI is InChI=1S/C15H15N3OS/c1-10-5-6-13(12(8-10)4-3-7-16)18-15(19)14-9-20-11(2)17-14/h5-6,8-9H,7,16H2,1-2H3,(H,18,19). The van der Waals surface area contributed by atoms with Gasteiger partial charge in [0.15, 0.2) is 0 Å². The number of carbonyl (C=O) groups is 1. The van der Waals surface area contributed by atoms with Crippen LogP contribution in [0.15, 0.2) is 23.6 Å². The van der Waals surface area contributed by atoms with E-state index in [-0.39, 0.29) is 12.5 Å². The maximum Gasteiger partial charge on any atom is 0.275 e. The van der Waals surface area contributed by atoms with Gasteiger partial charge in [0.2, 0.25) is 0 Å². The maximum atomic E-state index is 12.1. The van der Waals surface area contributed by atoms with E-state index in [4.69, 9.17) is 5.73 Å². The number of hydrogen-bond acceptors (Lipinski definition) is 4. The molecule has 3 N–H and O–H groups in total. The molecule has 0 radical (unpaired) electrons. The van der Waals surface area contributed by atoms with Crippen LogP contribution in [0.3, 0.4) is 0 Å². The number of rotatable bonds is 2. The van der Waals surface area contributed by atoms with Gasteiger partial charge in [-0.15, -0.1) is 11.3 Å². The zero-order chi connectivity index (χ0) is 14.5. The number of carbonyl (C=O) groups excluding carboxylic acids is 1. The Hall–Kier alpha value is -2.16. The molecule has 2 aromatic rings. The van der Waals surface area contributed by atoms with Gasteiger partial charge < -0.3 is 11.1 Å². The molecule has 5 heteroatoms. The first-order valence-electron chi connectivity index (χ1n) is 6.13. The van der Waals surface area contributed by atoms with Crippen molar-refractivity contribution in [1.29, 1.82) is 0 Å². The lowest BCUT2D eigenvalue weighted by atomic mass is 10.1. The van der Waals surface area contributed by atoms with E-state index in [2.05, 4.69) is 22.1 Å². The minimum Gasteiger partial charge on any atom is -0.320 e. The first-order chi connectivity index (χ1) is 9.60. The second kappa shape index (κ2) is 6.33. The Morgan fingerprint density at radius 1 is 1.45 bits per heavy atom. The highest BCUT2D eigenvalue weighted by Crippen LogP contribution is 2.18. The van der Waals surface area contributed by atoms with Crippen molar-refractivity contribution >= 4 is 22.9 Å². The number of nitrogens with one attached hydrogen (secondary N) is 1. The fourth-order valence-corrected chi connectivity index (χ4v) is 2.26. The second-order valence-electron chi connectivity index (χ2n) is 4.26. The van der Waals surface area contributed by atoms with E-state index in [0.29, 0.717) is 11.4 Å². The predicted molar refractivity (Wildman–Crippen MR) is 81.9 cm³/mol. The summed E-state index contributed by atoms with van der Waals surface area (Å²) in [4.78, 5) is 16.3. The Labute approximate surface area is 122 Å². The van der Waals surface area contributed by atoms with Gasteiger partial charge in [0.1, 0.15) is 5.69 Å². The van der Waals surface area contributed by atoms with Gasteiger partial charge in [0.05, 0.1) is 17.2 Å². The zero-order valence-electron chi connectivity index (χ0n) is 11.4. The summed E-state index contributed by atoms with van der Waals surface area (Å²) in [6.07, 6.45) is 0. The minimum absolute atomic E-state index is 0.228. The number of aromatic nitrogens is 1. The van der Waals surface area contributed by atoms with Crippen molar-refractivity contribution in [3.63, 3.8) is 0 Å². The van der Waals surface area contributed by atoms with Gasteiger partial charge in [-0.05, 0) is 31.5 Å². The molecule has 0 aliphatic rings. The van der Waals surface area contributed by atoms with Gasteiger partial charge in [0, 0.05) is 10.9 Å². The smallest absolute Gasteiger partial charge is 0.275 e. The van der Waals surface area contributed by atoms with E-state index in [1.165, 1.54) is 11.3 Å². The van der Waals surface area contributed by atoms with Gasteiger partial charge in [-0.2, -0.15) is 0 Å². The first-order valence-corrected chi connectivity index (χ1v) is 7.01. The normalized spacial score (nSPS) is 9.75. The Bertz CT molecular complexity index is 695. The summed E-state index contributed by atoms with van der Waals surface area (Å²) in [6, 6.07) is 5.69. The number of benzene rings is 1. The van der Waals surface area contributed by atoms with Crippen LogP contribution in [0.1, 0.15) is 26.6 Å². The van der Waals surface area contributed by atoms with Crippen LogP contribution in [-0.2, 0) is 0 Å². The molecule has 0 bridgehead atoms. The van der Waals surface area contributed by atoms with Crippen molar-refractivity contribution in [2.24, 2.45) is 5.73 Å². The summed E-state index contributed by atoms with van der Waals surface area (Å²) < 4.78 is 0. The monoisotopic (exact) mass is 285 g/mol. The van der Waals surface area contributed by atoms with Crippen molar-refractivity contribution in [3.8, 4) is 11.8 Å². The van der Waals surface area contributed by atoms with Crippen LogP contribution in [0.5, 0.6) is 0 Å². The molecule has 2 rings (SSSR count). The summed E-state index contributed by atoms with van der Waals surface area (Å²) in [5.41, 5.74) is 8.32. The van der Waals surface area contributed by atoms with E-state index < -0.39 is 0 Å². The van der Waals surface area contributed by atoms with Crippen LogP contribution in [0, 0.1) is 25.7 Å². The predicted octanol–water partition coefficient (Wildman–Crippen LogP) is 2.32. The molecular formula is C15H15N3OS. The molecule has 0 atom stereocenters. The van der Waals surface area contributed by atoms with Gasteiger partial charge in [-0.3, -0.25) is 4.79 Å². The average molecular weight is 285 g/mol. The van der Waals surface area contributed by atoms with Crippen molar-refractivity contribution in [3.05, 3.63) is 45.4 Å². The van der Waals surface area contributed by atoms with Crippen molar-refractivity contribution in [1.82, 2.24) is 4.98 Å². The summed E-state index contributed by atoms with van der Waals surface area (Å²) in [5, 5.41) is 5.44. The fourth-order valence-electron chi connectivity index (χ4n) is 1.67. The quantitative estimate of drug-likeness (QED) is 0.832. The molecule has 102 valence electrons. The third-order valence-electron chi connectivity index (χ3n) is 2.60. The lowest BCUT2D eigenvalue weighted by molar-refractivity contribution is 0.102. The third kappa shape index (κ3) is 3.44. The Kier molecular flexibility index (Phi) is 4.51. The second-order valence-corrected chi connectivity index (χ2v) is 5.32. The van der Waals surface area contributed by atoms with E-state index in [0.717, 1.165) is 16.1 Å². The number of anilines is 1. The lowest BCUT2D eigenvalue weighted by Gasteiger charge is -2.07. The topological polar surface area (TPSA) is 68.0 Å². The molecule has 0 saturated heterocycles. The van der Waals surface area contributed by atoms with Gasteiger partial charge in [-0.25, -0.2) is 4.98 Å². The molecule has 1 aromatic heterocycles. The molecule has 0 spiro atoms. The Morgan fingerprint density at radius 3 is 2.90 bits per heavy atom. The van der Waals surface area contributed by atoms with Crippen LogP contribution in [0.2, 0.25) is 0 Å².